The second-order valence-electron chi connectivity index (χ2n) is 8.03. The lowest BCUT2D eigenvalue weighted by molar-refractivity contribution is 0.174. The summed E-state index contributed by atoms with van der Waals surface area (Å²) >= 11 is 0. The summed E-state index contributed by atoms with van der Waals surface area (Å²) in [6.45, 7) is 0.238. The number of nitrogen functional groups attached to an aromatic ring is 1. The van der Waals surface area contributed by atoms with Gasteiger partial charge in [-0.1, -0.05) is 18.2 Å². The zero-order valence-corrected chi connectivity index (χ0v) is 17.7. The Morgan fingerprint density at radius 3 is 2.71 bits per heavy atom. The molecule has 34 heavy (non-hydrogen) atoms. The lowest BCUT2D eigenvalue weighted by Crippen LogP contribution is -1.92. The van der Waals surface area contributed by atoms with E-state index in [1.165, 1.54) is 0 Å². The number of hydrogen-bond acceptors (Lipinski definition) is 7. The minimum Gasteiger partial charge on any atom is -0.454 e. The number of rotatable bonds is 3. The average molecular weight is 447 g/mol. The Morgan fingerprint density at radius 2 is 1.76 bits per heavy atom. The van der Waals surface area contributed by atoms with Gasteiger partial charge in [-0.2, -0.15) is 5.10 Å². The summed E-state index contributed by atoms with van der Waals surface area (Å²) in [6, 6.07) is 17.6. The first-order valence-corrected chi connectivity index (χ1v) is 10.7. The van der Waals surface area contributed by atoms with Crippen LogP contribution in [-0.4, -0.2) is 36.9 Å². The van der Waals surface area contributed by atoms with E-state index in [2.05, 4.69) is 20.2 Å². The normalized spacial score (nSPS) is 12.6. The Kier molecular flexibility index (Phi) is 3.86. The molecule has 7 rings (SSSR count). The summed E-state index contributed by atoms with van der Waals surface area (Å²) in [4.78, 5) is 17.3. The van der Waals surface area contributed by atoms with Crippen molar-refractivity contribution in [2.75, 3.05) is 12.5 Å². The van der Waals surface area contributed by atoms with Gasteiger partial charge < -0.3 is 20.2 Å². The molecule has 2 aromatic carbocycles. The van der Waals surface area contributed by atoms with Gasteiger partial charge in [-0.15, -0.1) is 0 Å². The topological polar surface area (TPSA) is 128 Å². The molecule has 1 aliphatic rings. The Labute approximate surface area is 192 Å². The SMILES string of the molecule is Nc1cncc(-c2ccc3[nH]nc(-c4nc5c(-c6ccc7c(c6)OCO7)cccc5[nH]4)c3n2)c1. The molecule has 0 amide bonds. The molecule has 0 atom stereocenters. The van der Waals surface area contributed by atoms with Crippen LogP contribution in [0.2, 0.25) is 0 Å². The maximum absolute atomic E-state index is 5.91. The van der Waals surface area contributed by atoms with Crippen molar-refractivity contribution in [1.82, 2.24) is 30.1 Å². The third-order valence-electron chi connectivity index (χ3n) is 5.88. The molecule has 0 saturated carbocycles. The number of nitrogens with zero attached hydrogens (tertiary/aromatic N) is 4. The van der Waals surface area contributed by atoms with Crippen LogP contribution in [-0.2, 0) is 0 Å². The second kappa shape index (κ2) is 7.04. The fourth-order valence-corrected chi connectivity index (χ4v) is 4.26. The summed E-state index contributed by atoms with van der Waals surface area (Å²) in [5.74, 6) is 2.11. The number of benzene rings is 2. The van der Waals surface area contributed by atoms with Crippen molar-refractivity contribution in [3.8, 4) is 45.4 Å². The van der Waals surface area contributed by atoms with Gasteiger partial charge in [0, 0.05) is 23.5 Å². The molecule has 4 N–H and O–H groups in total. The van der Waals surface area contributed by atoms with Crippen molar-refractivity contribution in [3.05, 3.63) is 67.0 Å². The van der Waals surface area contributed by atoms with E-state index in [0.29, 0.717) is 22.7 Å². The fourth-order valence-electron chi connectivity index (χ4n) is 4.26. The molecule has 5 heterocycles. The molecule has 0 spiro atoms. The Morgan fingerprint density at radius 1 is 0.824 bits per heavy atom. The van der Waals surface area contributed by atoms with Crippen LogP contribution < -0.4 is 15.2 Å². The molecule has 1 aliphatic heterocycles. The Bertz CT molecular complexity index is 1720. The number of anilines is 1. The highest BCUT2D eigenvalue weighted by molar-refractivity contribution is 5.96. The largest absolute Gasteiger partial charge is 0.454 e. The summed E-state index contributed by atoms with van der Waals surface area (Å²) < 4.78 is 11.0. The Balaban J connectivity index is 1.36. The van der Waals surface area contributed by atoms with E-state index in [1.54, 1.807) is 12.4 Å². The molecule has 164 valence electrons. The Hall–Kier alpha value is -4.92. The van der Waals surface area contributed by atoms with E-state index in [4.69, 9.17) is 25.2 Å². The highest BCUT2D eigenvalue weighted by atomic mass is 16.7. The summed E-state index contributed by atoms with van der Waals surface area (Å²) in [6.07, 6.45) is 3.35. The van der Waals surface area contributed by atoms with Crippen molar-refractivity contribution in [3.63, 3.8) is 0 Å². The number of fused-ring (bicyclic) bond motifs is 3. The number of pyridine rings is 2. The van der Waals surface area contributed by atoms with Crippen LogP contribution in [0.1, 0.15) is 0 Å². The van der Waals surface area contributed by atoms with Crippen LogP contribution in [0, 0.1) is 0 Å². The highest BCUT2D eigenvalue weighted by Crippen LogP contribution is 2.38. The van der Waals surface area contributed by atoms with Gasteiger partial charge in [0.1, 0.15) is 5.52 Å². The molecule has 0 unspecified atom stereocenters. The lowest BCUT2D eigenvalue weighted by Gasteiger charge is -2.04. The molecule has 0 radical (unpaired) electrons. The molecule has 0 saturated heterocycles. The van der Waals surface area contributed by atoms with E-state index in [-0.39, 0.29) is 6.79 Å². The molecular weight excluding hydrogens is 430 g/mol. The maximum Gasteiger partial charge on any atom is 0.231 e. The van der Waals surface area contributed by atoms with Gasteiger partial charge in [-0.05, 0) is 42.0 Å². The van der Waals surface area contributed by atoms with Crippen LogP contribution in [0.4, 0.5) is 5.69 Å². The van der Waals surface area contributed by atoms with Crippen molar-refractivity contribution in [2.45, 2.75) is 0 Å². The number of aromatic nitrogens is 6. The number of H-pyrrole nitrogens is 2. The van der Waals surface area contributed by atoms with Crippen molar-refractivity contribution < 1.29 is 9.47 Å². The third-order valence-corrected chi connectivity index (χ3v) is 5.88. The number of nitrogens with two attached hydrogens (primary N) is 1. The third kappa shape index (κ3) is 2.87. The van der Waals surface area contributed by atoms with Gasteiger partial charge in [-0.25, -0.2) is 9.97 Å². The zero-order chi connectivity index (χ0) is 22.6. The van der Waals surface area contributed by atoms with E-state index in [9.17, 15) is 0 Å². The smallest absolute Gasteiger partial charge is 0.231 e. The van der Waals surface area contributed by atoms with Crippen molar-refractivity contribution >= 4 is 27.8 Å². The van der Waals surface area contributed by atoms with E-state index < -0.39 is 0 Å². The van der Waals surface area contributed by atoms with E-state index >= 15 is 0 Å². The first-order valence-electron chi connectivity index (χ1n) is 10.7. The van der Waals surface area contributed by atoms with Crippen LogP contribution in [0.25, 0.3) is 56.0 Å². The van der Waals surface area contributed by atoms with Crippen LogP contribution in [0.15, 0.2) is 67.0 Å². The van der Waals surface area contributed by atoms with Gasteiger partial charge in [-0.3, -0.25) is 10.1 Å². The molecule has 9 heteroatoms. The fraction of sp³-hybridized carbons (Fsp3) is 0.0400. The highest BCUT2D eigenvalue weighted by Gasteiger charge is 2.19. The van der Waals surface area contributed by atoms with E-state index in [0.717, 1.165) is 50.4 Å². The lowest BCUT2D eigenvalue weighted by atomic mass is 10.0. The van der Waals surface area contributed by atoms with Crippen molar-refractivity contribution in [2.24, 2.45) is 0 Å². The number of imidazole rings is 1. The quantitative estimate of drug-likeness (QED) is 0.363. The molecule has 9 nitrogen and oxygen atoms in total. The summed E-state index contributed by atoms with van der Waals surface area (Å²) in [5.41, 5.74) is 14.0. The standard InChI is InChI=1S/C25H17N7O2/c26-15-8-14(10-27-11-15)17-5-6-19-23(28-17)24(32-31-19)25-29-18-3-1-2-16(22(18)30-25)13-4-7-20-21(9-13)34-12-33-20/h1-11H,12,26H2,(H,29,30)(H,31,32). The van der Waals surface area contributed by atoms with Crippen LogP contribution in [0.3, 0.4) is 0 Å². The molecular formula is C25H17N7O2. The summed E-state index contributed by atoms with van der Waals surface area (Å²) in [7, 11) is 0. The monoisotopic (exact) mass is 447 g/mol. The predicted molar refractivity (Wildman–Crippen MR) is 128 cm³/mol. The first-order chi connectivity index (χ1) is 16.7. The number of para-hydroxylation sites is 1. The molecule has 6 aromatic rings. The van der Waals surface area contributed by atoms with Crippen LogP contribution in [0.5, 0.6) is 11.5 Å². The van der Waals surface area contributed by atoms with Gasteiger partial charge in [0.2, 0.25) is 6.79 Å². The summed E-state index contributed by atoms with van der Waals surface area (Å²) in [5, 5.41) is 7.56. The minimum absolute atomic E-state index is 0.238. The number of hydrogen-bond donors (Lipinski definition) is 3. The van der Waals surface area contributed by atoms with Crippen molar-refractivity contribution in [1.29, 1.82) is 0 Å². The zero-order valence-electron chi connectivity index (χ0n) is 17.7. The van der Waals surface area contributed by atoms with Gasteiger partial charge in [0.05, 0.1) is 27.9 Å². The number of ether oxygens (including phenoxy) is 2. The maximum atomic E-state index is 5.91. The van der Waals surface area contributed by atoms with E-state index in [1.807, 2.05) is 54.6 Å². The predicted octanol–water partition coefficient (Wildman–Crippen LogP) is 4.54. The second-order valence-corrected chi connectivity index (χ2v) is 8.03. The first kappa shape index (κ1) is 18.6. The molecule has 0 aliphatic carbocycles. The average Bonchev–Trinajstić information content (AvgIpc) is 3.60. The molecule has 0 bridgehead atoms. The van der Waals surface area contributed by atoms with Crippen LogP contribution >= 0.6 is 0 Å². The van der Waals surface area contributed by atoms with Gasteiger partial charge in [0.25, 0.3) is 0 Å². The number of nitrogens with one attached hydrogen (secondary N) is 2. The number of aromatic amines is 2. The van der Waals surface area contributed by atoms with Gasteiger partial charge in [0.15, 0.2) is 23.0 Å². The minimum atomic E-state index is 0.238. The molecule has 4 aromatic heterocycles. The van der Waals surface area contributed by atoms with Gasteiger partial charge >= 0.3 is 0 Å². The molecule has 0 fully saturated rings.